The largest absolute Gasteiger partial charge is 0.299 e. The highest BCUT2D eigenvalue weighted by Crippen LogP contribution is 2.33. The van der Waals surface area contributed by atoms with Gasteiger partial charge in [-0.3, -0.25) is 9.69 Å². The Morgan fingerprint density at radius 3 is 3.05 bits per heavy atom. The molecule has 2 atom stereocenters. The van der Waals surface area contributed by atoms with Crippen LogP contribution in [-0.4, -0.2) is 28.3 Å². The third kappa shape index (κ3) is 3.54. The number of hydrogen-bond acceptors (Lipinski definition) is 4. The van der Waals surface area contributed by atoms with E-state index in [-0.39, 0.29) is 0 Å². The molecule has 1 aliphatic heterocycles. The van der Waals surface area contributed by atoms with Crippen LogP contribution < -0.4 is 0 Å². The van der Waals surface area contributed by atoms with Crippen LogP contribution in [0.2, 0.25) is 0 Å². The maximum atomic E-state index is 12.2. The van der Waals surface area contributed by atoms with Crippen molar-refractivity contribution in [3.63, 3.8) is 0 Å². The molecule has 1 aliphatic carbocycles. The number of carbonyl (C=O) groups excluding carboxylic acids is 1. The van der Waals surface area contributed by atoms with Gasteiger partial charge in [0.05, 0.1) is 10.7 Å². The lowest BCUT2D eigenvalue weighted by molar-refractivity contribution is -0.126. The number of aryl methyl sites for hydroxylation is 1. The first-order valence-electron chi connectivity index (χ1n) is 8.48. The zero-order valence-electron chi connectivity index (χ0n) is 13.0. The van der Waals surface area contributed by atoms with Crippen LogP contribution in [0.1, 0.15) is 62.6 Å². The van der Waals surface area contributed by atoms with Gasteiger partial charge in [0.25, 0.3) is 0 Å². The standard InChI is InChI=1S/C17H26N2OS/c1-2-6-17-18-13(12-21-17)11-19-10-5-8-15(19)14-7-3-4-9-16(14)20/h12,14-15H,2-11H2,1H3. The molecule has 0 bridgehead atoms. The molecule has 3 rings (SSSR count). The number of nitrogens with zero attached hydrogens (tertiary/aromatic N) is 2. The summed E-state index contributed by atoms with van der Waals surface area (Å²) in [5.41, 5.74) is 1.21. The zero-order valence-corrected chi connectivity index (χ0v) is 13.8. The van der Waals surface area contributed by atoms with Crippen molar-refractivity contribution in [1.82, 2.24) is 9.88 Å². The third-order valence-corrected chi connectivity index (χ3v) is 5.87. The van der Waals surface area contributed by atoms with E-state index in [1.54, 1.807) is 11.3 Å². The molecule has 0 radical (unpaired) electrons. The van der Waals surface area contributed by atoms with Crippen molar-refractivity contribution in [2.45, 2.75) is 70.9 Å². The second-order valence-electron chi connectivity index (χ2n) is 6.48. The first kappa shape index (κ1) is 15.2. The van der Waals surface area contributed by atoms with Gasteiger partial charge in [-0.05, 0) is 45.1 Å². The van der Waals surface area contributed by atoms with Gasteiger partial charge in [0, 0.05) is 30.3 Å². The minimum atomic E-state index is 0.301. The van der Waals surface area contributed by atoms with E-state index < -0.39 is 0 Å². The average Bonchev–Trinajstić information content (AvgIpc) is 3.10. The fraction of sp³-hybridized carbons (Fsp3) is 0.765. The van der Waals surface area contributed by atoms with E-state index in [9.17, 15) is 4.79 Å². The van der Waals surface area contributed by atoms with Gasteiger partial charge in [-0.2, -0.15) is 0 Å². The molecular weight excluding hydrogens is 280 g/mol. The van der Waals surface area contributed by atoms with Crippen molar-refractivity contribution in [1.29, 1.82) is 0 Å². The summed E-state index contributed by atoms with van der Waals surface area (Å²) in [6.07, 6.45) is 8.95. The normalized spacial score (nSPS) is 27.4. The van der Waals surface area contributed by atoms with Gasteiger partial charge in [-0.1, -0.05) is 13.3 Å². The Morgan fingerprint density at radius 2 is 2.24 bits per heavy atom. The van der Waals surface area contributed by atoms with Gasteiger partial charge in [-0.15, -0.1) is 11.3 Å². The van der Waals surface area contributed by atoms with Crippen LogP contribution >= 0.6 is 11.3 Å². The van der Waals surface area contributed by atoms with Crippen LogP contribution in [-0.2, 0) is 17.8 Å². The maximum absolute atomic E-state index is 12.2. The fourth-order valence-electron chi connectivity index (χ4n) is 3.88. The van der Waals surface area contributed by atoms with E-state index in [1.165, 1.54) is 30.0 Å². The summed E-state index contributed by atoms with van der Waals surface area (Å²) in [6.45, 7) is 4.27. The Morgan fingerprint density at radius 1 is 1.33 bits per heavy atom. The molecule has 0 aromatic carbocycles. The first-order valence-corrected chi connectivity index (χ1v) is 9.36. The summed E-state index contributed by atoms with van der Waals surface area (Å²) in [6, 6.07) is 0.481. The summed E-state index contributed by atoms with van der Waals surface area (Å²) >= 11 is 1.79. The molecule has 1 aromatic heterocycles. The van der Waals surface area contributed by atoms with E-state index in [0.717, 1.165) is 45.2 Å². The quantitative estimate of drug-likeness (QED) is 0.829. The lowest BCUT2D eigenvalue weighted by Gasteiger charge is -2.32. The lowest BCUT2D eigenvalue weighted by Crippen LogP contribution is -2.40. The molecule has 2 unspecified atom stereocenters. The molecule has 2 aliphatic rings. The molecule has 0 amide bonds. The van der Waals surface area contributed by atoms with Crippen molar-refractivity contribution >= 4 is 17.1 Å². The highest BCUT2D eigenvalue weighted by molar-refractivity contribution is 7.09. The number of carbonyl (C=O) groups is 1. The van der Waals surface area contributed by atoms with Crippen LogP contribution in [0.5, 0.6) is 0 Å². The Hall–Kier alpha value is -0.740. The lowest BCUT2D eigenvalue weighted by atomic mass is 9.82. The molecule has 3 nitrogen and oxygen atoms in total. The molecule has 4 heteroatoms. The predicted molar refractivity (Wildman–Crippen MR) is 86.5 cm³/mol. The Balaban J connectivity index is 1.64. The van der Waals surface area contributed by atoms with E-state index in [2.05, 4.69) is 17.2 Å². The monoisotopic (exact) mass is 306 g/mol. The molecule has 21 heavy (non-hydrogen) atoms. The van der Waals surface area contributed by atoms with Gasteiger partial charge >= 0.3 is 0 Å². The number of Topliss-reactive ketones (excluding diaryl/α,β-unsaturated/α-hetero) is 1. The SMILES string of the molecule is CCCc1nc(CN2CCCC2C2CCCCC2=O)cs1. The number of aromatic nitrogens is 1. The Labute approximate surface area is 131 Å². The zero-order chi connectivity index (χ0) is 14.7. The van der Waals surface area contributed by atoms with Crippen LogP contribution in [0.25, 0.3) is 0 Å². The third-order valence-electron chi connectivity index (χ3n) is 4.91. The van der Waals surface area contributed by atoms with Crippen molar-refractivity contribution < 1.29 is 4.79 Å². The molecule has 2 heterocycles. The van der Waals surface area contributed by atoms with E-state index in [4.69, 9.17) is 4.98 Å². The second-order valence-corrected chi connectivity index (χ2v) is 7.42. The topological polar surface area (TPSA) is 33.2 Å². The van der Waals surface area contributed by atoms with Crippen LogP contribution in [0.15, 0.2) is 5.38 Å². The number of ketones is 1. The van der Waals surface area contributed by atoms with Gasteiger partial charge in [0.1, 0.15) is 5.78 Å². The molecule has 116 valence electrons. The average molecular weight is 306 g/mol. The molecule has 2 fully saturated rings. The smallest absolute Gasteiger partial charge is 0.137 e. The summed E-state index contributed by atoms with van der Waals surface area (Å²) in [4.78, 5) is 19.5. The van der Waals surface area contributed by atoms with E-state index >= 15 is 0 Å². The summed E-state index contributed by atoms with van der Waals surface area (Å²) in [7, 11) is 0. The summed E-state index contributed by atoms with van der Waals surface area (Å²) in [5.74, 6) is 0.818. The predicted octanol–water partition coefficient (Wildman–Crippen LogP) is 3.82. The van der Waals surface area contributed by atoms with Crippen molar-refractivity contribution in [3.8, 4) is 0 Å². The van der Waals surface area contributed by atoms with Gasteiger partial charge < -0.3 is 0 Å². The number of hydrogen-bond donors (Lipinski definition) is 0. The molecule has 0 spiro atoms. The molecule has 1 aromatic rings. The summed E-state index contributed by atoms with van der Waals surface area (Å²) in [5, 5.41) is 3.47. The van der Waals surface area contributed by atoms with Crippen LogP contribution in [0, 0.1) is 5.92 Å². The fourth-order valence-corrected chi connectivity index (χ4v) is 4.77. The van der Waals surface area contributed by atoms with Crippen LogP contribution in [0.3, 0.4) is 0 Å². The minimum absolute atomic E-state index is 0.301. The Kier molecular flexibility index (Phi) is 5.07. The number of thiazole rings is 1. The van der Waals surface area contributed by atoms with Crippen molar-refractivity contribution in [2.75, 3.05) is 6.54 Å². The van der Waals surface area contributed by atoms with Gasteiger partial charge in [0.15, 0.2) is 0 Å². The highest BCUT2D eigenvalue weighted by Gasteiger charge is 2.36. The maximum Gasteiger partial charge on any atom is 0.137 e. The second kappa shape index (κ2) is 7.01. The van der Waals surface area contributed by atoms with Crippen LogP contribution in [0.4, 0.5) is 0 Å². The Bertz CT molecular complexity index is 485. The van der Waals surface area contributed by atoms with Crippen molar-refractivity contribution in [2.24, 2.45) is 5.92 Å². The van der Waals surface area contributed by atoms with Gasteiger partial charge in [0.2, 0.25) is 0 Å². The van der Waals surface area contributed by atoms with Crippen molar-refractivity contribution in [3.05, 3.63) is 16.1 Å². The first-order chi connectivity index (χ1) is 10.3. The number of rotatable bonds is 5. The molecule has 0 N–H and O–H groups in total. The molecular formula is C17H26N2OS. The number of likely N-dealkylation sites (tertiary alicyclic amines) is 1. The van der Waals surface area contributed by atoms with Gasteiger partial charge in [-0.25, -0.2) is 4.98 Å². The highest BCUT2D eigenvalue weighted by atomic mass is 32.1. The van der Waals surface area contributed by atoms with E-state index in [1.807, 2.05) is 0 Å². The minimum Gasteiger partial charge on any atom is -0.299 e. The summed E-state index contributed by atoms with van der Waals surface area (Å²) < 4.78 is 0. The van der Waals surface area contributed by atoms with E-state index in [0.29, 0.717) is 17.7 Å². The molecule has 1 saturated carbocycles. The molecule has 1 saturated heterocycles.